The zero-order chi connectivity index (χ0) is 16.1. The first kappa shape index (κ1) is 15.6. The number of hydrogen-bond donors (Lipinski definition) is 1. The molecule has 0 aromatic carbocycles. The standard InChI is InChI=1S/C15H18N6OS/c16-7-12-4-6-23-15(12)19-14(22)9-20-5-2-1-3-13(20)8-21-11-17-10-18-21/h4,6,10-11,13H,1-3,5,8-9H2,(H,19,22)/t13-/m1/s1. The van der Waals surface area contributed by atoms with Gasteiger partial charge in [0.1, 0.15) is 23.7 Å². The summed E-state index contributed by atoms with van der Waals surface area (Å²) in [6.45, 7) is 1.99. The van der Waals surface area contributed by atoms with Crippen molar-refractivity contribution < 1.29 is 4.79 Å². The molecule has 0 spiro atoms. The van der Waals surface area contributed by atoms with E-state index in [0.717, 1.165) is 25.9 Å². The smallest absolute Gasteiger partial charge is 0.239 e. The van der Waals surface area contributed by atoms with Crippen LogP contribution in [0.15, 0.2) is 24.1 Å². The second-order valence-electron chi connectivity index (χ2n) is 5.56. The van der Waals surface area contributed by atoms with Crippen LogP contribution >= 0.6 is 11.3 Å². The Morgan fingerprint density at radius 2 is 2.43 bits per heavy atom. The molecular weight excluding hydrogens is 312 g/mol. The molecule has 2 aromatic rings. The number of aromatic nitrogens is 3. The Kier molecular flexibility index (Phi) is 5.00. The third-order valence-electron chi connectivity index (χ3n) is 4.00. The minimum Gasteiger partial charge on any atom is -0.315 e. The number of rotatable bonds is 5. The number of nitriles is 1. The number of likely N-dealkylation sites (tertiary alicyclic amines) is 1. The molecule has 0 aliphatic carbocycles. The van der Waals surface area contributed by atoms with Gasteiger partial charge in [-0.05, 0) is 30.8 Å². The SMILES string of the molecule is N#Cc1ccsc1NC(=O)CN1CCCC[C@@H]1Cn1cncn1. The van der Waals surface area contributed by atoms with Gasteiger partial charge < -0.3 is 5.32 Å². The van der Waals surface area contributed by atoms with Gasteiger partial charge in [0.15, 0.2) is 0 Å². The van der Waals surface area contributed by atoms with Crippen LogP contribution in [0.5, 0.6) is 0 Å². The van der Waals surface area contributed by atoms with E-state index in [1.807, 2.05) is 10.1 Å². The van der Waals surface area contributed by atoms with Crippen molar-refractivity contribution in [2.45, 2.75) is 31.8 Å². The monoisotopic (exact) mass is 330 g/mol. The molecule has 1 aliphatic heterocycles. The molecule has 3 heterocycles. The lowest BCUT2D eigenvalue weighted by Gasteiger charge is -2.34. The summed E-state index contributed by atoms with van der Waals surface area (Å²) in [7, 11) is 0. The van der Waals surface area contributed by atoms with E-state index in [2.05, 4.69) is 26.4 Å². The van der Waals surface area contributed by atoms with Crippen molar-refractivity contribution in [3.8, 4) is 6.07 Å². The van der Waals surface area contributed by atoms with E-state index in [1.54, 1.807) is 12.4 Å². The van der Waals surface area contributed by atoms with Crippen molar-refractivity contribution in [1.82, 2.24) is 19.7 Å². The summed E-state index contributed by atoms with van der Waals surface area (Å²) < 4.78 is 1.81. The summed E-state index contributed by atoms with van der Waals surface area (Å²) in [5.74, 6) is -0.0746. The number of thiophene rings is 1. The second kappa shape index (κ2) is 7.35. The summed E-state index contributed by atoms with van der Waals surface area (Å²) in [6, 6.07) is 4.09. The number of nitrogens with zero attached hydrogens (tertiary/aromatic N) is 5. The number of anilines is 1. The van der Waals surface area contributed by atoms with Crippen LogP contribution in [-0.4, -0.2) is 44.7 Å². The third-order valence-corrected chi connectivity index (χ3v) is 4.83. The molecule has 1 fully saturated rings. The van der Waals surface area contributed by atoms with Crippen LogP contribution in [0.2, 0.25) is 0 Å². The highest BCUT2D eigenvalue weighted by Gasteiger charge is 2.25. The fraction of sp³-hybridized carbons (Fsp3) is 0.467. The Morgan fingerprint density at radius 3 is 3.22 bits per heavy atom. The maximum Gasteiger partial charge on any atom is 0.239 e. The van der Waals surface area contributed by atoms with Crippen molar-refractivity contribution in [1.29, 1.82) is 5.26 Å². The van der Waals surface area contributed by atoms with Crippen LogP contribution in [0.3, 0.4) is 0 Å². The number of amides is 1. The Morgan fingerprint density at radius 1 is 1.52 bits per heavy atom. The number of hydrogen-bond acceptors (Lipinski definition) is 6. The molecule has 120 valence electrons. The van der Waals surface area contributed by atoms with Crippen molar-refractivity contribution in [3.05, 3.63) is 29.7 Å². The van der Waals surface area contributed by atoms with Crippen molar-refractivity contribution in [2.24, 2.45) is 0 Å². The first-order valence-corrected chi connectivity index (χ1v) is 8.48. The lowest BCUT2D eigenvalue weighted by Crippen LogP contribution is -2.46. The van der Waals surface area contributed by atoms with E-state index >= 15 is 0 Å². The average molecular weight is 330 g/mol. The minimum absolute atomic E-state index is 0.0746. The van der Waals surface area contributed by atoms with Gasteiger partial charge in [0.05, 0.1) is 18.7 Å². The molecule has 0 unspecified atom stereocenters. The Bertz CT molecular complexity index is 689. The van der Waals surface area contributed by atoms with Crippen molar-refractivity contribution >= 4 is 22.2 Å². The molecule has 2 aromatic heterocycles. The topological polar surface area (TPSA) is 86.8 Å². The van der Waals surface area contributed by atoms with Crippen LogP contribution in [0.4, 0.5) is 5.00 Å². The second-order valence-corrected chi connectivity index (χ2v) is 6.48. The predicted octanol–water partition coefficient (Wildman–Crippen LogP) is 1.70. The first-order valence-electron chi connectivity index (χ1n) is 7.60. The van der Waals surface area contributed by atoms with E-state index in [1.165, 1.54) is 24.1 Å². The van der Waals surface area contributed by atoms with Gasteiger partial charge in [-0.3, -0.25) is 14.4 Å². The van der Waals surface area contributed by atoms with Gasteiger partial charge in [0, 0.05) is 6.04 Å². The third kappa shape index (κ3) is 3.94. The lowest BCUT2D eigenvalue weighted by molar-refractivity contribution is -0.118. The van der Waals surface area contributed by atoms with E-state index in [-0.39, 0.29) is 11.9 Å². The number of piperidine rings is 1. The molecule has 1 amide bonds. The molecule has 1 saturated heterocycles. The normalized spacial score (nSPS) is 18.5. The van der Waals surface area contributed by atoms with Gasteiger partial charge in [0.25, 0.3) is 0 Å². The van der Waals surface area contributed by atoms with Gasteiger partial charge in [-0.15, -0.1) is 11.3 Å². The average Bonchev–Trinajstić information content (AvgIpc) is 3.20. The van der Waals surface area contributed by atoms with Crippen LogP contribution in [0, 0.1) is 11.3 Å². The molecule has 1 aliphatic rings. The van der Waals surface area contributed by atoms with Gasteiger partial charge in [-0.1, -0.05) is 6.42 Å². The lowest BCUT2D eigenvalue weighted by atomic mass is 10.0. The fourth-order valence-electron chi connectivity index (χ4n) is 2.86. The molecule has 7 nitrogen and oxygen atoms in total. The number of nitrogens with one attached hydrogen (secondary N) is 1. The molecule has 23 heavy (non-hydrogen) atoms. The van der Waals surface area contributed by atoms with Crippen LogP contribution in [0.25, 0.3) is 0 Å². The molecule has 8 heteroatoms. The molecular formula is C15H18N6OS. The summed E-state index contributed by atoms with van der Waals surface area (Å²) in [5.41, 5.74) is 0.515. The van der Waals surface area contributed by atoms with Crippen LogP contribution < -0.4 is 5.32 Å². The van der Waals surface area contributed by atoms with Gasteiger partial charge in [-0.25, -0.2) is 4.98 Å². The Labute approximate surface area is 138 Å². The van der Waals surface area contributed by atoms with Gasteiger partial charge in [0.2, 0.25) is 5.91 Å². The number of carbonyl (C=O) groups excluding carboxylic acids is 1. The summed E-state index contributed by atoms with van der Waals surface area (Å²) in [5, 5.41) is 18.4. The van der Waals surface area contributed by atoms with E-state index in [9.17, 15) is 4.79 Å². The molecule has 0 radical (unpaired) electrons. The zero-order valence-corrected chi connectivity index (χ0v) is 13.5. The molecule has 1 atom stereocenters. The highest BCUT2D eigenvalue weighted by atomic mass is 32.1. The highest BCUT2D eigenvalue weighted by Crippen LogP contribution is 2.23. The highest BCUT2D eigenvalue weighted by molar-refractivity contribution is 7.14. The summed E-state index contributed by atoms with van der Waals surface area (Å²) >= 11 is 1.37. The Hall–Kier alpha value is -2.24. The largest absolute Gasteiger partial charge is 0.315 e. The zero-order valence-electron chi connectivity index (χ0n) is 12.7. The van der Waals surface area contributed by atoms with E-state index in [4.69, 9.17) is 5.26 Å². The fourth-order valence-corrected chi connectivity index (χ4v) is 3.62. The maximum absolute atomic E-state index is 12.3. The first-order chi connectivity index (χ1) is 11.3. The Balaban J connectivity index is 1.60. The molecule has 1 N–H and O–H groups in total. The van der Waals surface area contributed by atoms with Crippen LogP contribution in [-0.2, 0) is 11.3 Å². The molecule has 0 saturated carbocycles. The number of carbonyl (C=O) groups is 1. The van der Waals surface area contributed by atoms with E-state index in [0.29, 0.717) is 17.1 Å². The molecule has 0 bridgehead atoms. The van der Waals surface area contributed by atoms with Crippen molar-refractivity contribution in [3.63, 3.8) is 0 Å². The van der Waals surface area contributed by atoms with E-state index < -0.39 is 0 Å². The summed E-state index contributed by atoms with van der Waals surface area (Å²) in [6.07, 6.45) is 6.55. The minimum atomic E-state index is -0.0746. The van der Waals surface area contributed by atoms with Crippen molar-refractivity contribution in [2.75, 3.05) is 18.4 Å². The molecule has 3 rings (SSSR count). The van der Waals surface area contributed by atoms with Gasteiger partial charge in [-0.2, -0.15) is 10.4 Å². The maximum atomic E-state index is 12.3. The quantitative estimate of drug-likeness (QED) is 0.902. The predicted molar refractivity (Wildman–Crippen MR) is 86.9 cm³/mol. The van der Waals surface area contributed by atoms with Gasteiger partial charge >= 0.3 is 0 Å². The summed E-state index contributed by atoms with van der Waals surface area (Å²) in [4.78, 5) is 18.5. The van der Waals surface area contributed by atoms with Crippen LogP contribution in [0.1, 0.15) is 24.8 Å².